The van der Waals surface area contributed by atoms with Gasteiger partial charge < -0.3 is 20.7 Å². The molecular formula is C13H17NO5. The summed E-state index contributed by atoms with van der Waals surface area (Å²) in [6.07, 6.45) is -1.44. The predicted octanol–water partition coefficient (Wildman–Crippen LogP) is 0.455. The summed E-state index contributed by atoms with van der Waals surface area (Å²) in [5, 5.41) is 17.7. The Bertz CT molecular complexity index is 420. The molecule has 0 saturated heterocycles. The number of carbonyl (C=O) groups excluding carboxylic acids is 1. The summed E-state index contributed by atoms with van der Waals surface area (Å²) in [5.41, 5.74) is 6.63. The topological polar surface area (TPSA) is 110 Å². The van der Waals surface area contributed by atoms with Gasteiger partial charge >= 0.3 is 11.9 Å². The van der Waals surface area contributed by atoms with Gasteiger partial charge in [-0.05, 0) is 5.56 Å². The van der Waals surface area contributed by atoms with Crippen LogP contribution in [0.15, 0.2) is 30.3 Å². The van der Waals surface area contributed by atoms with Crippen LogP contribution >= 0.6 is 0 Å². The maximum atomic E-state index is 11.4. The van der Waals surface area contributed by atoms with E-state index in [-0.39, 0.29) is 12.8 Å². The van der Waals surface area contributed by atoms with Gasteiger partial charge in [0.1, 0.15) is 6.10 Å². The second kappa shape index (κ2) is 7.50. The Morgan fingerprint density at radius 3 is 2.37 bits per heavy atom. The highest BCUT2D eigenvalue weighted by atomic mass is 16.6. The van der Waals surface area contributed by atoms with Gasteiger partial charge in [0.05, 0.1) is 25.5 Å². The molecule has 0 spiro atoms. The second-order valence-corrected chi connectivity index (χ2v) is 4.04. The molecule has 104 valence electrons. The lowest BCUT2D eigenvalue weighted by Crippen LogP contribution is -2.34. The monoisotopic (exact) mass is 267 g/mol. The number of ether oxygens (including phenoxy) is 1. The highest BCUT2D eigenvalue weighted by Gasteiger charge is 2.22. The van der Waals surface area contributed by atoms with E-state index in [1.54, 1.807) is 24.3 Å². The number of carboxylic acid groups (broad SMARTS) is 1. The fourth-order valence-electron chi connectivity index (χ4n) is 1.55. The number of aliphatic hydroxyl groups excluding tert-OH is 1. The van der Waals surface area contributed by atoms with Crippen molar-refractivity contribution >= 4 is 11.9 Å². The number of carbonyl (C=O) groups is 2. The molecule has 0 aromatic heterocycles. The normalized spacial score (nSPS) is 13.6. The Hall–Kier alpha value is -1.92. The van der Waals surface area contributed by atoms with Crippen molar-refractivity contribution in [2.24, 2.45) is 5.73 Å². The van der Waals surface area contributed by atoms with E-state index in [0.717, 1.165) is 5.56 Å². The molecule has 0 aliphatic rings. The van der Waals surface area contributed by atoms with E-state index in [4.69, 9.17) is 15.6 Å². The third kappa shape index (κ3) is 5.07. The lowest BCUT2D eigenvalue weighted by molar-refractivity contribution is -0.154. The number of hydrogen-bond acceptors (Lipinski definition) is 5. The summed E-state index contributed by atoms with van der Waals surface area (Å²) in [5.74, 6) is -1.77. The van der Waals surface area contributed by atoms with E-state index >= 15 is 0 Å². The average molecular weight is 267 g/mol. The zero-order valence-corrected chi connectivity index (χ0v) is 10.4. The molecule has 1 rings (SSSR count). The van der Waals surface area contributed by atoms with Gasteiger partial charge in [0.15, 0.2) is 0 Å². The van der Waals surface area contributed by atoms with Gasteiger partial charge in [-0.3, -0.25) is 9.59 Å². The van der Waals surface area contributed by atoms with Crippen LogP contribution in [0.2, 0.25) is 0 Å². The molecule has 0 heterocycles. The SMILES string of the molecule is NC(c1ccccc1)C(CO)OC(=O)CCC(=O)O. The summed E-state index contributed by atoms with van der Waals surface area (Å²) in [6.45, 7) is -0.422. The number of nitrogens with two attached hydrogens (primary N) is 1. The van der Waals surface area contributed by atoms with Crippen LogP contribution in [0.25, 0.3) is 0 Å². The molecule has 6 nitrogen and oxygen atoms in total. The van der Waals surface area contributed by atoms with E-state index in [0.29, 0.717) is 0 Å². The van der Waals surface area contributed by atoms with Crippen LogP contribution in [-0.2, 0) is 14.3 Å². The smallest absolute Gasteiger partial charge is 0.306 e. The Labute approximate surface area is 110 Å². The van der Waals surface area contributed by atoms with E-state index < -0.39 is 30.7 Å². The van der Waals surface area contributed by atoms with Crippen LogP contribution in [0.1, 0.15) is 24.4 Å². The molecule has 0 aliphatic heterocycles. The van der Waals surface area contributed by atoms with Crippen molar-refractivity contribution in [1.29, 1.82) is 0 Å². The Balaban J connectivity index is 2.58. The van der Waals surface area contributed by atoms with Gasteiger partial charge in [-0.25, -0.2) is 0 Å². The Morgan fingerprint density at radius 2 is 1.84 bits per heavy atom. The number of benzene rings is 1. The fraction of sp³-hybridized carbons (Fsp3) is 0.385. The molecule has 0 aliphatic carbocycles. The molecule has 4 N–H and O–H groups in total. The number of hydrogen-bond donors (Lipinski definition) is 3. The minimum Gasteiger partial charge on any atom is -0.481 e. The molecule has 0 amide bonds. The molecule has 2 unspecified atom stereocenters. The van der Waals surface area contributed by atoms with Gasteiger partial charge in [0.2, 0.25) is 0 Å². The van der Waals surface area contributed by atoms with Gasteiger partial charge in [-0.15, -0.1) is 0 Å². The van der Waals surface area contributed by atoms with Crippen molar-refractivity contribution in [3.8, 4) is 0 Å². The highest BCUT2D eigenvalue weighted by Crippen LogP contribution is 2.16. The van der Waals surface area contributed by atoms with Gasteiger partial charge in [0.25, 0.3) is 0 Å². The van der Waals surface area contributed by atoms with Crippen molar-refractivity contribution in [1.82, 2.24) is 0 Å². The summed E-state index contributed by atoms with van der Waals surface area (Å²) in [7, 11) is 0. The molecule has 2 atom stereocenters. The summed E-state index contributed by atoms with van der Waals surface area (Å²) < 4.78 is 4.99. The molecule has 19 heavy (non-hydrogen) atoms. The molecule has 6 heteroatoms. The van der Waals surface area contributed by atoms with Crippen LogP contribution in [0.5, 0.6) is 0 Å². The zero-order valence-electron chi connectivity index (χ0n) is 10.4. The molecule has 1 aromatic carbocycles. The first kappa shape index (κ1) is 15.1. The number of esters is 1. The van der Waals surface area contributed by atoms with Crippen molar-refractivity contribution in [3.05, 3.63) is 35.9 Å². The Morgan fingerprint density at radius 1 is 1.21 bits per heavy atom. The van der Waals surface area contributed by atoms with E-state index in [2.05, 4.69) is 0 Å². The van der Waals surface area contributed by atoms with Crippen molar-refractivity contribution in [2.75, 3.05) is 6.61 Å². The van der Waals surface area contributed by atoms with Crippen molar-refractivity contribution in [3.63, 3.8) is 0 Å². The quantitative estimate of drug-likeness (QED) is 0.619. The van der Waals surface area contributed by atoms with Crippen LogP contribution < -0.4 is 5.73 Å². The first-order chi connectivity index (χ1) is 9.04. The van der Waals surface area contributed by atoms with Gasteiger partial charge in [-0.1, -0.05) is 30.3 Å². The van der Waals surface area contributed by atoms with Gasteiger partial charge in [0, 0.05) is 0 Å². The predicted molar refractivity (Wildman–Crippen MR) is 67.2 cm³/mol. The maximum Gasteiger partial charge on any atom is 0.306 e. The first-order valence-electron chi connectivity index (χ1n) is 5.87. The minimum atomic E-state index is -1.08. The van der Waals surface area contributed by atoms with Crippen molar-refractivity contribution < 1.29 is 24.5 Å². The van der Waals surface area contributed by atoms with Crippen LogP contribution in [-0.4, -0.2) is 34.9 Å². The van der Waals surface area contributed by atoms with Crippen molar-refractivity contribution in [2.45, 2.75) is 25.0 Å². The lowest BCUT2D eigenvalue weighted by atomic mass is 10.0. The van der Waals surface area contributed by atoms with Crippen LogP contribution in [0, 0.1) is 0 Å². The standard InChI is InChI=1S/C13H17NO5/c14-13(9-4-2-1-3-5-9)10(8-15)19-12(18)7-6-11(16)17/h1-5,10,13,15H,6-8,14H2,(H,16,17). The second-order valence-electron chi connectivity index (χ2n) is 4.04. The Kier molecular flexibility index (Phi) is 5.98. The summed E-state index contributed by atoms with van der Waals surface area (Å²) >= 11 is 0. The summed E-state index contributed by atoms with van der Waals surface area (Å²) in [4.78, 5) is 21.7. The molecule has 0 fully saturated rings. The van der Waals surface area contributed by atoms with E-state index in [1.165, 1.54) is 0 Å². The van der Waals surface area contributed by atoms with Crippen LogP contribution in [0.3, 0.4) is 0 Å². The third-order valence-electron chi connectivity index (χ3n) is 2.59. The highest BCUT2D eigenvalue weighted by molar-refractivity contribution is 5.76. The third-order valence-corrected chi connectivity index (χ3v) is 2.59. The molecule has 0 saturated carbocycles. The number of rotatable bonds is 7. The number of aliphatic carboxylic acids is 1. The van der Waals surface area contributed by atoms with E-state index in [1.807, 2.05) is 6.07 Å². The fourth-order valence-corrected chi connectivity index (χ4v) is 1.55. The maximum absolute atomic E-state index is 11.4. The minimum absolute atomic E-state index is 0.243. The largest absolute Gasteiger partial charge is 0.481 e. The van der Waals surface area contributed by atoms with E-state index in [9.17, 15) is 14.7 Å². The number of carboxylic acids is 1. The van der Waals surface area contributed by atoms with Crippen LogP contribution in [0.4, 0.5) is 0 Å². The van der Waals surface area contributed by atoms with Gasteiger partial charge in [-0.2, -0.15) is 0 Å². The zero-order chi connectivity index (χ0) is 14.3. The lowest BCUT2D eigenvalue weighted by Gasteiger charge is -2.22. The molecule has 0 radical (unpaired) electrons. The average Bonchev–Trinajstić information content (AvgIpc) is 2.42. The number of aliphatic hydroxyl groups is 1. The first-order valence-corrected chi connectivity index (χ1v) is 5.87. The molecule has 0 bridgehead atoms. The molecular weight excluding hydrogens is 250 g/mol. The molecule has 1 aromatic rings. The summed E-state index contributed by atoms with van der Waals surface area (Å²) in [6, 6.07) is 8.27.